The molecule has 1 amide bonds. The molecule has 0 bridgehead atoms. The summed E-state index contributed by atoms with van der Waals surface area (Å²) >= 11 is 2.46. The molecular weight excluding hydrogens is 538 g/mol. The van der Waals surface area contributed by atoms with Crippen molar-refractivity contribution < 1.29 is 28.6 Å². The van der Waals surface area contributed by atoms with Gasteiger partial charge in [0.05, 0.1) is 16.2 Å². The Morgan fingerprint density at radius 3 is 2.35 bits per heavy atom. The average molecular weight is 572 g/mol. The quantitative estimate of drug-likeness (QED) is 0.124. The first-order valence-electron chi connectivity index (χ1n) is 11.8. The molecule has 37 heavy (non-hydrogen) atoms. The highest BCUT2D eigenvalue weighted by molar-refractivity contribution is 8.18. The number of carbonyl (C=O) groups is 2. The van der Waals surface area contributed by atoms with E-state index in [1.54, 1.807) is 6.26 Å². The molecule has 2 fully saturated rings. The molecule has 0 saturated carbocycles. The molecule has 2 unspecified atom stereocenters. The van der Waals surface area contributed by atoms with Gasteiger partial charge in [-0.3, -0.25) is 25.0 Å². The van der Waals surface area contributed by atoms with Gasteiger partial charge in [-0.1, -0.05) is 20.8 Å². The second-order valence-corrected chi connectivity index (χ2v) is 18.4. The van der Waals surface area contributed by atoms with Crippen molar-refractivity contribution in [2.45, 2.75) is 67.4 Å². The topological polar surface area (TPSA) is 142 Å². The lowest BCUT2D eigenvalue weighted by atomic mass is 9.92. The minimum atomic E-state index is -1.99. The fraction of sp³-hybridized carbons (Fsp3) is 0.652. The molecule has 3 rings (SSSR count). The van der Waals surface area contributed by atoms with Crippen LogP contribution >= 0.6 is 23.5 Å². The van der Waals surface area contributed by atoms with E-state index in [1.807, 2.05) is 0 Å². The van der Waals surface area contributed by atoms with Gasteiger partial charge in [0.1, 0.15) is 6.61 Å². The zero-order valence-electron chi connectivity index (χ0n) is 21.8. The number of amides is 1. The number of thioether (sulfide) groups is 2. The molecular formula is C23H33N3O8S2Si. The molecule has 0 radical (unpaired) electrons. The van der Waals surface area contributed by atoms with Crippen LogP contribution in [0.15, 0.2) is 24.3 Å². The molecule has 4 atom stereocenters. The van der Waals surface area contributed by atoms with Crippen LogP contribution in [0.5, 0.6) is 0 Å². The number of fused-ring (bicyclic) bond motifs is 1. The Labute approximate surface area is 225 Å². The smallest absolute Gasteiger partial charge is 0.331 e. The third-order valence-electron chi connectivity index (χ3n) is 7.35. The van der Waals surface area contributed by atoms with E-state index in [4.69, 9.17) is 9.16 Å². The summed E-state index contributed by atoms with van der Waals surface area (Å²) in [5, 5.41) is 22.1. The van der Waals surface area contributed by atoms with Gasteiger partial charge in [-0.25, -0.2) is 4.79 Å². The molecule has 204 valence electrons. The van der Waals surface area contributed by atoms with Gasteiger partial charge in [0.15, 0.2) is 18.4 Å². The largest absolute Gasteiger partial charge is 0.459 e. The maximum Gasteiger partial charge on any atom is 0.331 e. The maximum atomic E-state index is 13.3. The molecule has 0 aromatic heterocycles. The first-order chi connectivity index (χ1) is 17.1. The Bertz CT molecular complexity index is 1070. The molecule has 1 aromatic rings. The van der Waals surface area contributed by atoms with E-state index in [1.165, 1.54) is 52.7 Å². The lowest BCUT2D eigenvalue weighted by Gasteiger charge is -2.44. The summed E-state index contributed by atoms with van der Waals surface area (Å²) in [6.45, 7) is 10.4. The van der Waals surface area contributed by atoms with Crippen LogP contribution in [0.25, 0.3) is 0 Å². The van der Waals surface area contributed by atoms with Crippen LogP contribution in [-0.4, -0.2) is 69.8 Å². The zero-order valence-corrected chi connectivity index (χ0v) is 24.4. The summed E-state index contributed by atoms with van der Waals surface area (Å²) in [4.78, 5) is 49.3. The fourth-order valence-corrected chi connectivity index (χ4v) is 8.23. The second kappa shape index (κ2) is 10.9. The number of hydrogen-bond acceptors (Lipinski definition) is 10. The van der Waals surface area contributed by atoms with E-state index >= 15 is 0 Å². The number of β-lactam (4-membered cyclic amide) rings is 1. The highest BCUT2D eigenvalue weighted by Gasteiger charge is 2.68. The van der Waals surface area contributed by atoms with Gasteiger partial charge in [0, 0.05) is 23.7 Å². The van der Waals surface area contributed by atoms with Crippen molar-refractivity contribution in [2.75, 3.05) is 19.4 Å². The maximum absolute atomic E-state index is 13.3. The van der Waals surface area contributed by atoms with E-state index in [-0.39, 0.29) is 34.5 Å². The first kappa shape index (κ1) is 29.4. The summed E-state index contributed by atoms with van der Waals surface area (Å²) in [7, 11) is -1.99. The Balaban J connectivity index is 1.73. The summed E-state index contributed by atoms with van der Waals surface area (Å²) in [5.74, 6) is -1.35. The number of nitro groups is 2. The predicted octanol–water partition coefficient (Wildman–Crippen LogP) is 4.29. The van der Waals surface area contributed by atoms with Crippen LogP contribution in [-0.2, 0) is 25.4 Å². The summed E-state index contributed by atoms with van der Waals surface area (Å²) < 4.78 is 10.5. The Kier molecular flexibility index (Phi) is 8.66. The number of rotatable bonds is 11. The van der Waals surface area contributed by atoms with Crippen LogP contribution in [0.2, 0.25) is 18.1 Å². The molecule has 2 aliphatic heterocycles. The van der Waals surface area contributed by atoms with E-state index < -0.39 is 40.8 Å². The van der Waals surface area contributed by atoms with Crippen LogP contribution in [0.3, 0.4) is 0 Å². The molecule has 0 aliphatic carbocycles. The number of esters is 1. The minimum Gasteiger partial charge on any atom is -0.459 e. The Morgan fingerprint density at radius 2 is 1.84 bits per heavy atom. The number of nitrogens with zero attached hydrogens (tertiary/aromatic N) is 3. The number of nitro benzene ring substituents is 1. The van der Waals surface area contributed by atoms with Crippen molar-refractivity contribution in [3.8, 4) is 0 Å². The highest BCUT2D eigenvalue weighted by Crippen LogP contribution is 2.58. The molecule has 14 heteroatoms. The summed E-state index contributed by atoms with van der Waals surface area (Å²) in [6.07, 6.45) is 2.17. The molecule has 11 nitrogen and oxygen atoms in total. The zero-order chi connectivity index (χ0) is 27.8. The number of hydrogen-bond donors (Lipinski definition) is 0. The van der Waals surface area contributed by atoms with E-state index in [9.17, 15) is 29.8 Å². The SMILES string of the molecule is CSC1(C[N+](=O)[O-])S[C@@H]2[C@@H](CCO[Si](C)(C)C(C)(C)C)C(=O)N2C1C(=O)OCc1ccc([N+](=O)[O-])cc1. The summed E-state index contributed by atoms with van der Waals surface area (Å²) in [5.41, 5.74) is 0.438. The number of non-ortho nitro benzene ring substituents is 1. The average Bonchev–Trinajstić information content (AvgIpc) is 3.10. The normalized spacial score (nSPS) is 25.4. The van der Waals surface area contributed by atoms with Crippen LogP contribution in [0.1, 0.15) is 32.8 Å². The number of ether oxygens (including phenoxy) is 1. The van der Waals surface area contributed by atoms with Crippen LogP contribution in [0.4, 0.5) is 5.69 Å². The van der Waals surface area contributed by atoms with Crippen molar-refractivity contribution in [3.63, 3.8) is 0 Å². The van der Waals surface area contributed by atoms with Crippen molar-refractivity contribution in [3.05, 3.63) is 50.1 Å². The van der Waals surface area contributed by atoms with Crippen LogP contribution in [0, 0.1) is 26.1 Å². The monoisotopic (exact) mass is 571 g/mol. The highest BCUT2D eigenvalue weighted by atomic mass is 32.2. The minimum absolute atomic E-state index is 0.0308. The van der Waals surface area contributed by atoms with Crippen molar-refractivity contribution in [1.29, 1.82) is 0 Å². The standard InChI is InChI=1S/C23H33N3O8S2Si/c1-22(2,3)37(5,6)34-12-11-17-19(27)25-18(23(35-4,14-24(29)30)36-20(17)25)21(28)33-13-15-7-9-16(10-8-15)26(31)32/h7-10,17-18,20H,11-14H2,1-6H3/t17-,18?,20+,23?/m0/s1. The van der Waals surface area contributed by atoms with E-state index in [2.05, 4.69) is 33.9 Å². The van der Waals surface area contributed by atoms with Gasteiger partial charge in [-0.2, -0.15) is 0 Å². The molecule has 0 spiro atoms. The van der Waals surface area contributed by atoms with Crippen molar-refractivity contribution >= 4 is 49.4 Å². The molecule has 2 heterocycles. The number of carbonyl (C=O) groups excluding carboxylic acids is 2. The third-order valence-corrected chi connectivity index (χ3v) is 15.3. The Hall–Kier alpha value is -2.16. The lowest BCUT2D eigenvalue weighted by molar-refractivity contribution is -0.481. The van der Waals surface area contributed by atoms with Gasteiger partial charge in [0.2, 0.25) is 12.5 Å². The predicted molar refractivity (Wildman–Crippen MR) is 144 cm³/mol. The summed E-state index contributed by atoms with van der Waals surface area (Å²) in [6, 6.07) is 4.44. The lowest BCUT2D eigenvalue weighted by Crippen LogP contribution is -2.63. The molecule has 2 saturated heterocycles. The van der Waals surface area contributed by atoms with E-state index in [0.29, 0.717) is 18.6 Å². The van der Waals surface area contributed by atoms with Gasteiger partial charge >= 0.3 is 5.97 Å². The second-order valence-electron chi connectivity index (χ2n) is 10.7. The third kappa shape index (κ3) is 5.96. The molecule has 0 N–H and O–H groups in total. The van der Waals surface area contributed by atoms with E-state index in [0.717, 1.165) is 0 Å². The van der Waals surface area contributed by atoms with Gasteiger partial charge in [-0.15, -0.1) is 23.5 Å². The van der Waals surface area contributed by atoms with Gasteiger partial charge < -0.3 is 14.1 Å². The fourth-order valence-electron chi connectivity index (χ4n) is 4.14. The molecule has 1 aromatic carbocycles. The first-order valence-corrected chi connectivity index (χ1v) is 16.9. The number of benzene rings is 1. The van der Waals surface area contributed by atoms with Gasteiger partial charge in [-0.05, 0) is 48.5 Å². The van der Waals surface area contributed by atoms with Crippen molar-refractivity contribution in [1.82, 2.24) is 4.90 Å². The van der Waals surface area contributed by atoms with Gasteiger partial charge in [0.25, 0.3) is 5.69 Å². The molecule has 2 aliphatic rings. The van der Waals surface area contributed by atoms with Crippen LogP contribution < -0.4 is 0 Å². The Morgan fingerprint density at radius 1 is 1.22 bits per heavy atom. The van der Waals surface area contributed by atoms with Crippen molar-refractivity contribution in [2.24, 2.45) is 5.92 Å².